The second-order valence-corrected chi connectivity index (χ2v) is 11.1. The lowest BCUT2D eigenvalue weighted by Crippen LogP contribution is -2.25. The third kappa shape index (κ3) is 6.37. The number of carbonyl (C=O) groups is 1. The molecule has 5 nitrogen and oxygen atoms in total. The predicted octanol–water partition coefficient (Wildman–Crippen LogP) is 7.60. The molecule has 0 saturated heterocycles. The van der Waals surface area contributed by atoms with Crippen LogP contribution in [0.25, 0.3) is 22.6 Å². The molecule has 5 heteroatoms. The summed E-state index contributed by atoms with van der Waals surface area (Å²) in [7, 11) is 0. The quantitative estimate of drug-likeness (QED) is 0.186. The van der Waals surface area contributed by atoms with Gasteiger partial charge in [0, 0.05) is 29.2 Å². The molecule has 42 heavy (non-hydrogen) atoms. The van der Waals surface area contributed by atoms with E-state index in [1.807, 2.05) is 78.9 Å². The van der Waals surface area contributed by atoms with Crippen LogP contribution in [0.4, 0.5) is 0 Å². The minimum Gasteiger partial charge on any atom is -0.440 e. The van der Waals surface area contributed by atoms with Crippen molar-refractivity contribution < 1.29 is 14.3 Å². The average Bonchev–Trinajstić information content (AvgIpc) is 3.70. The first-order valence-corrected chi connectivity index (χ1v) is 14.9. The molecular formula is C37H36N2O3. The number of hydrogen-bond donors (Lipinski definition) is 2. The van der Waals surface area contributed by atoms with Crippen LogP contribution in [0, 0.1) is 5.92 Å². The summed E-state index contributed by atoms with van der Waals surface area (Å²) in [6.07, 6.45) is 4.92. The van der Waals surface area contributed by atoms with Gasteiger partial charge < -0.3 is 14.8 Å². The number of aliphatic hydroxyl groups excluding tert-OH is 1. The summed E-state index contributed by atoms with van der Waals surface area (Å²) in [5.41, 5.74) is 6.85. The SMILES string of the molecule is O=C(NCCc1ccc(CO)cc1)c1cccc(C[C@@H]2CCC[C@H]2c2nc(-c3ccccc3)c(-c3ccccc3)o2)c1. The molecule has 0 unspecified atom stereocenters. The third-order valence-corrected chi connectivity index (χ3v) is 8.30. The maximum absolute atomic E-state index is 13.0. The number of amides is 1. The lowest BCUT2D eigenvalue weighted by Gasteiger charge is -2.17. The van der Waals surface area contributed by atoms with E-state index >= 15 is 0 Å². The summed E-state index contributed by atoms with van der Waals surface area (Å²) < 4.78 is 6.58. The van der Waals surface area contributed by atoms with Crippen molar-refractivity contribution in [3.8, 4) is 22.6 Å². The van der Waals surface area contributed by atoms with Gasteiger partial charge in [0.05, 0.1) is 6.61 Å². The maximum atomic E-state index is 13.0. The fourth-order valence-corrected chi connectivity index (χ4v) is 6.05. The number of hydrogen-bond acceptors (Lipinski definition) is 4. The zero-order chi connectivity index (χ0) is 28.7. The van der Waals surface area contributed by atoms with Crippen molar-refractivity contribution in [2.75, 3.05) is 6.54 Å². The van der Waals surface area contributed by atoms with Crippen molar-refractivity contribution in [3.63, 3.8) is 0 Å². The molecule has 6 rings (SSSR count). The minimum absolute atomic E-state index is 0.0381. The molecule has 1 fully saturated rings. The van der Waals surface area contributed by atoms with E-state index in [2.05, 4.69) is 35.6 Å². The van der Waals surface area contributed by atoms with Gasteiger partial charge >= 0.3 is 0 Å². The number of nitrogens with zero attached hydrogens (tertiary/aromatic N) is 1. The molecule has 5 aromatic rings. The second-order valence-electron chi connectivity index (χ2n) is 11.1. The van der Waals surface area contributed by atoms with Crippen molar-refractivity contribution in [2.45, 2.75) is 44.6 Å². The van der Waals surface area contributed by atoms with Gasteiger partial charge in [-0.25, -0.2) is 4.98 Å². The van der Waals surface area contributed by atoms with Crippen molar-refractivity contribution in [1.82, 2.24) is 10.3 Å². The summed E-state index contributed by atoms with van der Waals surface area (Å²) >= 11 is 0. The molecule has 0 bridgehead atoms. The smallest absolute Gasteiger partial charge is 0.251 e. The highest BCUT2D eigenvalue weighted by Crippen LogP contribution is 2.44. The van der Waals surface area contributed by atoms with Crippen LogP contribution >= 0.6 is 0 Å². The lowest BCUT2D eigenvalue weighted by molar-refractivity contribution is 0.0954. The Bertz CT molecular complexity index is 1550. The number of benzene rings is 4. The Morgan fingerprint density at radius 2 is 1.52 bits per heavy atom. The van der Waals surface area contributed by atoms with E-state index in [0.717, 1.165) is 77.3 Å². The first-order valence-electron chi connectivity index (χ1n) is 14.9. The lowest BCUT2D eigenvalue weighted by atomic mass is 9.89. The Hall–Kier alpha value is -4.48. The number of aromatic nitrogens is 1. The van der Waals surface area contributed by atoms with Crippen LogP contribution in [0.5, 0.6) is 0 Å². The maximum Gasteiger partial charge on any atom is 0.251 e. The van der Waals surface area contributed by atoms with Crippen LogP contribution in [0.1, 0.15) is 58.1 Å². The topological polar surface area (TPSA) is 75.4 Å². The Kier molecular flexibility index (Phi) is 8.57. The van der Waals surface area contributed by atoms with Gasteiger partial charge in [-0.1, -0.05) is 103 Å². The van der Waals surface area contributed by atoms with Gasteiger partial charge in [-0.15, -0.1) is 0 Å². The van der Waals surface area contributed by atoms with E-state index in [0.29, 0.717) is 18.0 Å². The third-order valence-electron chi connectivity index (χ3n) is 8.30. The summed E-state index contributed by atoms with van der Waals surface area (Å²) in [5.74, 6) is 2.22. The molecule has 2 atom stereocenters. The normalized spacial score (nSPS) is 16.4. The highest BCUT2D eigenvalue weighted by Gasteiger charge is 2.33. The molecule has 0 spiro atoms. The number of aliphatic hydroxyl groups is 1. The van der Waals surface area contributed by atoms with Crippen molar-refractivity contribution in [1.29, 1.82) is 0 Å². The highest BCUT2D eigenvalue weighted by atomic mass is 16.4. The Morgan fingerprint density at radius 3 is 2.26 bits per heavy atom. The van der Waals surface area contributed by atoms with Crippen LogP contribution in [-0.2, 0) is 19.4 Å². The van der Waals surface area contributed by atoms with Crippen LogP contribution < -0.4 is 5.32 Å². The molecule has 212 valence electrons. The molecule has 0 radical (unpaired) electrons. The van der Waals surface area contributed by atoms with E-state index in [-0.39, 0.29) is 18.4 Å². The van der Waals surface area contributed by atoms with Gasteiger partial charge in [0.15, 0.2) is 11.7 Å². The molecule has 4 aromatic carbocycles. The number of carbonyl (C=O) groups excluding carboxylic acids is 1. The first-order chi connectivity index (χ1) is 20.7. The average molecular weight is 557 g/mol. The zero-order valence-corrected chi connectivity index (χ0v) is 23.7. The van der Waals surface area contributed by atoms with E-state index in [1.54, 1.807) is 0 Å². The molecule has 1 aliphatic rings. The second kappa shape index (κ2) is 13.0. The number of nitrogens with one attached hydrogen (secondary N) is 1. The van der Waals surface area contributed by atoms with Gasteiger partial charge in [-0.2, -0.15) is 0 Å². The van der Waals surface area contributed by atoms with E-state index in [4.69, 9.17) is 9.40 Å². The van der Waals surface area contributed by atoms with Crippen molar-refractivity contribution in [2.24, 2.45) is 5.92 Å². The van der Waals surface area contributed by atoms with E-state index in [9.17, 15) is 9.90 Å². The van der Waals surface area contributed by atoms with E-state index < -0.39 is 0 Å². The number of rotatable bonds is 10. The minimum atomic E-state index is -0.0560. The van der Waals surface area contributed by atoms with Gasteiger partial charge in [0.2, 0.25) is 0 Å². The zero-order valence-electron chi connectivity index (χ0n) is 23.7. The Labute approximate surface area is 247 Å². The van der Waals surface area contributed by atoms with Crippen molar-refractivity contribution in [3.05, 3.63) is 137 Å². The molecule has 0 aliphatic heterocycles. The predicted molar refractivity (Wildman–Crippen MR) is 166 cm³/mol. The van der Waals surface area contributed by atoms with Gasteiger partial charge in [-0.05, 0) is 60.4 Å². The molecule has 1 aliphatic carbocycles. The fraction of sp³-hybridized carbons (Fsp3) is 0.243. The molecule has 2 N–H and O–H groups in total. The largest absolute Gasteiger partial charge is 0.440 e. The molecular weight excluding hydrogens is 520 g/mol. The molecule has 1 amide bonds. The standard InChI is InChI=1S/C37H36N2O3/c40-25-27-19-17-26(18-20-27)21-22-38-36(41)32-15-7-9-28(24-32)23-31-14-8-16-33(31)37-39-34(29-10-3-1-4-11-29)35(42-37)30-12-5-2-6-13-30/h1-7,9-13,15,17-20,24,31,33,40H,8,14,16,21-23,25H2,(H,38,41)/t31-,33+/m0/s1. The number of oxazole rings is 1. The first kappa shape index (κ1) is 27.7. The van der Waals surface area contributed by atoms with Gasteiger partial charge in [-0.3, -0.25) is 4.79 Å². The molecule has 1 saturated carbocycles. The summed E-state index contributed by atoms with van der Waals surface area (Å²) in [4.78, 5) is 18.1. The fourth-order valence-electron chi connectivity index (χ4n) is 6.05. The van der Waals surface area contributed by atoms with Gasteiger partial charge in [0.25, 0.3) is 5.91 Å². The summed E-state index contributed by atoms with van der Waals surface area (Å²) in [5, 5.41) is 12.3. The highest BCUT2D eigenvalue weighted by molar-refractivity contribution is 5.94. The Morgan fingerprint density at radius 1 is 0.810 bits per heavy atom. The molecule has 1 heterocycles. The van der Waals surface area contributed by atoms with Crippen LogP contribution in [0.3, 0.4) is 0 Å². The van der Waals surface area contributed by atoms with Gasteiger partial charge in [0.1, 0.15) is 5.69 Å². The van der Waals surface area contributed by atoms with Crippen LogP contribution in [0.2, 0.25) is 0 Å². The van der Waals surface area contributed by atoms with Crippen LogP contribution in [0.15, 0.2) is 114 Å². The van der Waals surface area contributed by atoms with Crippen LogP contribution in [-0.4, -0.2) is 22.5 Å². The monoisotopic (exact) mass is 556 g/mol. The summed E-state index contributed by atoms with van der Waals surface area (Å²) in [6.45, 7) is 0.598. The molecule has 1 aromatic heterocycles. The van der Waals surface area contributed by atoms with E-state index in [1.165, 1.54) is 0 Å². The Balaban J connectivity index is 1.15. The van der Waals surface area contributed by atoms with Crippen molar-refractivity contribution >= 4 is 5.91 Å². The summed E-state index contributed by atoms with van der Waals surface area (Å²) in [6, 6.07) is 36.3.